The molecule has 186 valence electrons. The van der Waals surface area contributed by atoms with Gasteiger partial charge in [-0.3, -0.25) is 4.79 Å². The minimum Gasteiger partial charge on any atom is -0.404 e. The van der Waals surface area contributed by atoms with Crippen molar-refractivity contribution in [2.24, 2.45) is 4.99 Å². The zero-order valence-corrected chi connectivity index (χ0v) is 19.2. The molecule has 2 N–H and O–H groups in total. The topological polar surface area (TPSA) is 83.0 Å². The third-order valence-corrected chi connectivity index (χ3v) is 5.45. The minimum atomic E-state index is -4.94. The standard InChI is InChI=1S/C24H17ClF4N4O3/c1-33-18-9-5-3-7-15(18)20(14-6-2-4-8-17(14)26)31-21(22(33)34)32-23(35)30-13-10-11-19(16(25)12-13)36-24(27,28)29/h2-12,21H,1H3,(H2,30,32,35). The molecule has 1 aliphatic rings. The summed E-state index contributed by atoms with van der Waals surface area (Å²) in [7, 11) is 1.49. The summed E-state index contributed by atoms with van der Waals surface area (Å²) in [5.74, 6) is -1.81. The van der Waals surface area contributed by atoms with E-state index in [0.717, 1.165) is 18.2 Å². The quantitative estimate of drug-likeness (QED) is 0.456. The van der Waals surface area contributed by atoms with Crippen molar-refractivity contribution in [1.29, 1.82) is 0 Å². The molecule has 3 aromatic carbocycles. The van der Waals surface area contributed by atoms with Crippen LogP contribution < -0.4 is 20.3 Å². The van der Waals surface area contributed by atoms with Crippen LogP contribution in [0.25, 0.3) is 0 Å². The average Bonchev–Trinajstić information content (AvgIpc) is 2.91. The first kappa shape index (κ1) is 25.0. The average molecular weight is 521 g/mol. The van der Waals surface area contributed by atoms with Crippen LogP contribution in [0.5, 0.6) is 5.75 Å². The fourth-order valence-electron chi connectivity index (χ4n) is 3.56. The molecule has 3 amide bonds. The molecule has 0 spiro atoms. The van der Waals surface area contributed by atoms with Crippen LogP contribution in [0, 0.1) is 5.82 Å². The zero-order chi connectivity index (χ0) is 26.0. The number of likely N-dealkylation sites (N-methyl/N-ethyl adjacent to an activating group) is 1. The Morgan fingerprint density at radius 1 is 1.06 bits per heavy atom. The first-order valence-corrected chi connectivity index (χ1v) is 10.7. The van der Waals surface area contributed by atoms with Crippen LogP contribution in [0.15, 0.2) is 71.7 Å². The number of ether oxygens (including phenoxy) is 1. The Labute approximate surface area is 207 Å². The van der Waals surface area contributed by atoms with E-state index < -0.39 is 41.1 Å². The van der Waals surface area contributed by atoms with E-state index in [1.54, 1.807) is 30.3 Å². The molecule has 4 rings (SSSR count). The van der Waals surface area contributed by atoms with Crippen molar-refractivity contribution in [1.82, 2.24) is 5.32 Å². The molecular formula is C24H17ClF4N4O3. The molecule has 1 atom stereocenters. The molecule has 0 aromatic heterocycles. The van der Waals surface area contributed by atoms with Crippen LogP contribution in [-0.2, 0) is 4.79 Å². The van der Waals surface area contributed by atoms with E-state index in [1.165, 1.54) is 30.1 Å². The molecule has 0 saturated carbocycles. The Morgan fingerprint density at radius 2 is 1.72 bits per heavy atom. The smallest absolute Gasteiger partial charge is 0.404 e. The number of urea groups is 1. The number of nitrogens with zero attached hydrogens (tertiary/aromatic N) is 2. The van der Waals surface area contributed by atoms with Gasteiger partial charge in [0, 0.05) is 23.9 Å². The second kappa shape index (κ2) is 9.86. The number of fused-ring (bicyclic) bond motifs is 1. The number of benzodiazepines with no additional fused rings is 1. The number of hydrogen-bond acceptors (Lipinski definition) is 4. The number of halogens is 5. The van der Waals surface area contributed by atoms with Gasteiger partial charge in [0.1, 0.15) is 11.6 Å². The first-order valence-electron chi connectivity index (χ1n) is 10.4. The van der Waals surface area contributed by atoms with Gasteiger partial charge in [0.25, 0.3) is 5.91 Å². The maximum Gasteiger partial charge on any atom is 0.573 e. The van der Waals surface area contributed by atoms with Crippen molar-refractivity contribution in [2.75, 3.05) is 17.3 Å². The van der Waals surface area contributed by atoms with E-state index in [1.807, 2.05) is 0 Å². The Hall–Kier alpha value is -4.12. The third kappa shape index (κ3) is 5.41. The fourth-order valence-corrected chi connectivity index (χ4v) is 3.78. The van der Waals surface area contributed by atoms with Crippen LogP contribution in [0.1, 0.15) is 11.1 Å². The lowest BCUT2D eigenvalue weighted by Gasteiger charge is -2.21. The summed E-state index contributed by atoms with van der Waals surface area (Å²) in [5.41, 5.74) is 1.26. The summed E-state index contributed by atoms with van der Waals surface area (Å²) in [6.07, 6.45) is -6.38. The largest absolute Gasteiger partial charge is 0.573 e. The third-order valence-electron chi connectivity index (χ3n) is 5.16. The number of nitrogens with one attached hydrogen (secondary N) is 2. The van der Waals surface area contributed by atoms with Crippen molar-refractivity contribution in [3.05, 3.63) is 88.7 Å². The molecule has 0 bridgehead atoms. The van der Waals surface area contributed by atoms with Gasteiger partial charge in [0.15, 0.2) is 0 Å². The van der Waals surface area contributed by atoms with Crippen molar-refractivity contribution in [3.63, 3.8) is 0 Å². The number of rotatable bonds is 4. The molecular weight excluding hydrogens is 504 g/mol. The molecule has 12 heteroatoms. The highest BCUT2D eigenvalue weighted by atomic mass is 35.5. The number of anilines is 2. The fraction of sp³-hybridized carbons (Fsp3) is 0.125. The van der Waals surface area contributed by atoms with Gasteiger partial charge in [0.05, 0.1) is 16.4 Å². The van der Waals surface area contributed by atoms with Crippen molar-refractivity contribution in [3.8, 4) is 5.75 Å². The van der Waals surface area contributed by atoms with Crippen molar-refractivity contribution < 1.29 is 31.9 Å². The number of alkyl halides is 3. The molecule has 0 aliphatic carbocycles. The molecule has 1 aliphatic heterocycles. The predicted octanol–water partition coefficient (Wildman–Crippen LogP) is 5.34. The van der Waals surface area contributed by atoms with E-state index in [2.05, 4.69) is 20.4 Å². The lowest BCUT2D eigenvalue weighted by molar-refractivity contribution is -0.274. The number of para-hydroxylation sites is 1. The van der Waals surface area contributed by atoms with E-state index >= 15 is 0 Å². The normalized spacial score (nSPS) is 15.5. The van der Waals surface area contributed by atoms with Crippen molar-refractivity contribution in [2.45, 2.75) is 12.5 Å². The number of amides is 3. The molecule has 3 aromatic rings. The molecule has 1 heterocycles. The number of hydrogen-bond donors (Lipinski definition) is 2. The summed E-state index contributed by atoms with van der Waals surface area (Å²) in [6.45, 7) is 0. The van der Waals surface area contributed by atoms with Crippen LogP contribution >= 0.6 is 11.6 Å². The number of benzene rings is 3. The maximum absolute atomic E-state index is 14.7. The molecule has 0 radical (unpaired) electrons. The summed E-state index contributed by atoms with van der Waals surface area (Å²) in [5, 5.41) is 4.39. The highest BCUT2D eigenvalue weighted by Gasteiger charge is 2.33. The van der Waals surface area contributed by atoms with Gasteiger partial charge in [-0.1, -0.05) is 41.9 Å². The molecule has 7 nitrogen and oxygen atoms in total. The molecule has 0 fully saturated rings. The Balaban J connectivity index is 1.62. The van der Waals surface area contributed by atoms with Crippen LogP contribution in [0.4, 0.5) is 33.7 Å². The molecule has 0 saturated heterocycles. The maximum atomic E-state index is 14.7. The van der Waals surface area contributed by atoms with Crippen LogP contribution in [0.3, 0.4) is 0 Å². The summed E-state index contributed by atoms with van der Waals surface area (Å²) in [4.78, 5) is 31.5. The monoisotopic (exact) mass is 520 g/mol. The van der Waals surface area contributed by atoms with E-state index in [9.17, 15) is 27.2 Å². The Bertz CT molecular complexity index is 1360. The SMILES string of the molecule is CN1C(=O)C(NC(=O)Nc2ccc(OC(F)(F)F)c(Cl)c2)N=C(c2ccccc2F)c2ccccc21. The predicted molar refractivity (Wildman–Crippen MR) is 126 cm³/mol. The lowest BCUT2D eigenvalue weighted by atomic mass is 10.00. The van der Waals surface area contributed by atoms with Gasteiger partial charge in [-0.05, 0) is 36.4 Å². The number of carbonyl (C=O) groups is 2. The lowest BCUT2D eigenvalue weighted by Crippen LogP contribution is -2.47. The highest BCUT2D eigenvalue weighted by molar-refractivity contribution is 6.32. The van der Waals surface area contributed by atoms with Crippen LogP contribution in [-0.4, -0.2) is 37.2 Å². The van der Waals surface area contributed by atoms with E-state index in [0.29, 0.717) is 11.3 Å². The van der Waals surface area contributed by atoms with Gasteiger partial charge in [0.2, 0.25) is 6.17 Å². The molecule has 36 heavy (non-hydrogen) atoms. The summed E-state index contributed by atoms with van der Waals surface area (Å²) >= 11 is 5.81. The molecule has 1 unspecified atom stereocenters. The summed E-state index contributed by atoms with van der Waals surface area (Å²) in [6, 6.07) is 14.9. The Morgan fingerprint density at radius 3 is 2.39 bits per heavy atom. The van der Waals surface area contributed by atoms with E-state index in [4.69, 9.17) is 11.6 Å². The summed E-state index contributed by atoms with van der Waals surface area (Å²) < 4.78 is 55.8. The minimum absolute atomic E-state index is 0.0306. The first-order chi connectivity index (χ1) is 17.0. The van der Waals surface area contributed by atoms with Gasteiger partial charge in [-0.2, -0.15) is 0 Å². The van der Waals surface area contributed by atoms with Gasteiger partial charge in [-0.15, -0.1) is 13.2 Å². The van der Waals surface area contributed by atoms with Crippen molar-refractivity contribution >= 4 is 40.6 Å². The second-order valence-corrected chi connectivity index (χ2v) is 7.97. The van der Waals surface area contributed by atoms with Gasteiger partial charge < -0.3 is 20.3 Å². The second-order valence-electron chi connectivity index (χ2n) is 7.57. The van der Waals surface area contributed by atoms with E-state index in [-0.39, 0.29) is 17.0 Å². The Kier molecular flexibility index (Phi) is 6.84. The number of aliphatic imine (C=N–C) groups is 1. The van der Waals surface area contributed by atoms with Gasteiger partial charge >= 0.3 is 12.4 Å². The van der Waals surface area contributed by atoms with Crippen LogP contribution in [0.2, 0.25) is 5.02 Å². The highest BCUT2D eigenvalue weighted by Crippen LogP contribution is 2.32. The van der Waals surface area contributed by atoms with Gasteiger partial charge in [-0.25, -0.2) is 14.2 Å². The number of carbonyl (C=O) groups excluding carboxylic acids is 2. The zero-order valence-electron chi connectivity index (χ0n) is 18.4.